The zero-order valence-corrected chi connectivity index (χ0v) is 21.2. The van der Waals surface area contributed by atoms with Crippen LogP contribution in [0.15, 0.2) is 47.7 Å². The largest absolute Gasteiger partial charge is 1.00 e. The van der Waals surface area contributed by atoms with E-state index < -0.39 is 16.1 Å². The smallest absolute Gasteiger partial charge is 1.00 e. The molecule has 6 heteroatoms. The van der Waals surface area contributed by atoms with Crippen LogP contribution in [0, 0.1) is 0 Å². The average molecular weight is 454 g/mol. The van der Waals surface area contributed by atoms with Gasteiger partial charge >= 0.3 is 144 Å². The zero-order valence-electron chi connectivity index (χ0n) is 15.4. The molecule has 24 heavy (non-hydrogen) atoms. The van der Waals surface area contributed by atoms with Crippen LogP contribution in [0.25, 0.3) is 0 Å². The topological polar surface area (TPSA) is 0 Å². The minimum atomic E-state index is -1.21. The van der Waals surface area contributed by atoms with Gasteiger partial charge in [-0.1, -0.05) is 0 Å². The Morgan fingerprint density at radius 1 is 0.917 bits per heavy atom. The molecule has 0 aliphatic heterocycles. The van der Waals surface area contributed by atoms with E-state index in [0.29, 0.717) is 0 Å². The molecular formula is C18H27Cl3Si2Ti. The monoisotopic (exact) mass is 452 g/mol. The zero-order chi connectivity index (χ0) is 15.9. The third kappa shape index (κ3) is 7.15. The second-order valence-electron chi connectivity index (χ2n) is 8.35. The summed E-state index contributed by atoms with van der Waals surface area (Å²) < 4.78 is 0.202. The summed E-state index contributed by atoms with van der Waals surface area (Å²) >= 11 is 2.37. The summed E-state index contributed by atoms with van der Waals surface area (Å²) in [5, 5.41) is 3.17. The van der Waals surface area contributed by atoms with Gasteiger partial charge in [-0.25, -0.2) is 0 Å². The van der Waals surface area contributed by atoms with E-state index in [1.807, 2.05) is 0 Å². The summed E-state index contributed by atoms with van der Waals surface area (Å²) in [6.45, 7) is 14.6. The van der Waals surface area contributed by atoms with E-state index in [4.69, 9.17) is 0 Å². The van der Waals surface area contributed by atoms with Crippen LogP contribution in [0.5, 0.6) is 0 Å². The van der Waals surface area contributed by atoms with Crippen molar-refractivity contribution >= 4 is 21.3 Å². The Morgan fingerprint density at radius 2 is 1.50 bits per heavy atom. The first kappa shape index (κ1) is 26.9. The van der Waals surface area contributed by atoms with E-state index in [1.54, 1.807) is 10.4 Å². The van der Waals surface area contributed by atoms with Crippen molar-refractivity contribution in [1.29, 1.82) is 0 Å². The molecular weight excluding hydrogens is 427 g/mol. The standard InChI is InChI=1S/C18H27Si2.3ClH.Ti/c1-19(2,3)17-9-7-8-15(13-17)12-16-10-11-18(14-16)20(4,5)6;;;;/h7-11,13-14H,12H2,1-6H3;3*1H;/q;;;;+3/p-3. The number of benzene rings is 1. The molecule has 2 rings (SSSR count). The van der Waals surface area contributed by atoms with Crippen LogP contribution < -0.4 is 42.4 Å². The van der Waals surface area contributed by atoms with Gasteiger partial charge in [-0.05, 0) is 0 Å². The second-order valence-corrected chi connectivity index (χ2v) is 20.0. The normalized spacial score (nSPS) is 19.8. The molecule has 0 bridgehead atoms. The van der Waals surface area contributed by atoms with Crippen LogP contribution in [0.1, 0.15) is 5.56 Å². The molecule has 0 aromatic heterocycles. The van der Waals surface area contributed by atoms with Crippen LogP contribution in [-0.4, -0.2) is 16.1 Å². The van der Waals surface area contributed by atoms with Crippen LogP contribution in [0.2, 0.25) is 43.0 Å². The van der Waals surface area contributed by atoms with E-state index in [9.17, 15) is 0 Å². The summed E-state index contributed by atoms with van der Waals surface area (Å²) in [6, 6.07) is 9.30. The van der Waals surface area contributed by atoms with Crippen LogP contribution in [0.3, 0.4) is 0 Å². The van der Waals surface area contributed by atoms with E-state index in [1.165, 1.54) is 5.56 Å². The van der Waals surface area contributed by atoms with Gasteiger partial charge in [0, 0.05) is 0 Å². The quantitative estimate of drug-likeness (QED) is 0.406. The Balaban J connectivity index is 0. The Labute approximate surface area is 180 Å². The molecule has 1 aromatic carbocycles. The van der Waals surface area contributed by atoms with Gasteiger partial charge in [-0.3, -0.25) is 0 Å². The van der Waals surface area contributed by atoms with Gasteiger partial charge in [-0.15, -0.1) is 0 Å². The number of halogens is 3. The number of hydrogen-bond acceptors (Lipinski definition) is 0. The molecule has 132 valence electrons. The second kappa shape index (κ2) is 9.60. The predicted molar refractivity (Wildman–Crippen MR) is 96.4 cm³/mol. The van der Waals surface area contributed by atoms with Crippen molar-refractivity contribution in [2.24, 2.45) is 0 Å². The fourth-order valence-corrected chi connectivity index (χ4v) is 6.08. The first-order chi connectivity index (χ1) is 9.50. The van der Waals surface area contributed by atoms with Crippen LogP contribution in [-0.2, 0) is 26.9 Å². The Bertz CT molecular complexity index is 601. The van der Waals surface area contributed by atoms with Crippen LogP contribution >= 0.6 is 0 Å². The third-order valence-electron chi connectivity index (χ3n) is 4.13. The molecule has 0 radical (unpaired) electrons. The molecule has 1 atom stereocenters. The van der Waals surface area contributed by atoms with E-state index in [0.717, 1.165) is 6.42 Å². The maximum Gasteiger partial charge on any atom is -1.00 e. The summed E-state index contributed by atoms with van der Waals surface area (Å²) in [7, 11) is -2.40. The third-order valence-corrected chi connectivity index (χ3v) is 8.98. The van der Waals surface area contributed by atoms with Gasteiger partial charge in [0.25, 0.3) is 0 Å². The molecule has 0 N–H and O–H groups in total. The summed E-state index contributed by atoms with van der Waals surface area (Å²) in [4.78, 5) is 0. The summed E-state index contributed by atoms with van der Waals surface area (Å²) in [6.07, 6.45) is 8.45. The predicted octanol–water partition coefficient (Wildman–Crippen LogP) is -4.13. The minimum absolute atomic E-state index is 0. The summed E-state index contributed by atoms with van der Waals surface area (Å²) in [5.41, 5.74) is 1.48. The first-order valence-corrected chi connectivity index (χ1v) is 15.5. The molecule has 0 spiro atoms. The van der Waals surface area contributed by atoms with Gasteiger partial charge in [0.05, 0.1) is 0 Å². The molecule has 1 unspecified atom stereocenters. The SMILES string of the molecule is C[Si](C)(C)C1=C[C]([Ti+3])(Cc2cccc([Si](C)(C)C)c2)C=C1.[Cl-].[Cl-].[Cl-]. The number of rotatable bonds is 4. The fraction of sp³-hybridized carbons (Fsp3) is 0.444. The van der Waals surface area contributed by atoms with Crippen molar-refractivity contribution in [3.05, 3.63) is 53.3 Å². The van der Waals surface area contributed by atoms with Gasteiger partial charge in [-0.2, -0.15) is 0 Å². The molecule has 1 aliphatic rings. The maximum absolute atomic E-state index is 2.53. The number of allylic oxidation sites excluding steroid dienone is 4. The Kier molecular flexibility index (Phi) is 10.8. The van der Waals surface area contributed by atoms with Gasteiger partial charge in [0.15, 0.2) is 0 Å². The van der Waals surface area contributed by atoms with E-state index >= 15 is 0 Å². The minimum Gasteiger partial charge on any atom is -1.00 e. The molecule has 1 aliphatic carbocycles. The van der Waals surface area contributed by atoms with Crippen molar-refractivity contribution in [2.75, 3.05) is 0 Å². The fourth-order valence-electron chi connectivity index (χ4n) is 2.67. The van der Waals surface area contributed by atoms with Crippen molar-refractivity contribution in [1.82, 2.24) is 0 Å². The molecule has 0 saturated carbocycles. The van der Waals surface area contributed by atoms with Crippen molar-refractivity contribution < 1.29 is 57.7 Å². The number of hydrogen-bond donors (Lipinski definition) is 0. The van der Waals surface area contributed by atoms with Gasteiger partial charge in [0.1, 0.15) is 0 Å². The van der Waals surface area contributed by atoms with E-state index in [-0.39, 0.29) is 40.9 Å². The molecule has 0 saturated heterocycles. The van der Waals surface area contributed by atoms with E-state index in [2.05, 4.69) is 102 Å². The molecule has 1 aromatic rings. The molecule has 0 heterocycles. The first-order valence-electron chi connectivity index (χ1n) is 7.77. The van der Waals surface area contributed by atoms with Crippen molar-refractivity contribution in [2.45, 2.75) is 49.4 Å². The molecule has 0 amide bonds. The van der Waals surface area contributed by atoms with Crippen LogP contribution in [0.4, 0.5) is 0 Å². The Morgan fingerprint density at radius 3 is 1.96 bits per heavy atom. The Hall–Kier alpha value is 0.718. The maximum atomic E-state index is 2.53. The van der Waals surface area contributed by atoms with Gasteiger partial charge < -0.3 is 37.2 Å². The van der Waals surface area contributed by atoms with Crippen molar-refractivity contribution in [3.8, 4) is 0 Å². The average Bonchev–Trinajstić information content (AvgIpc) is 2.70. The molecule has 0 fully saturated rings. The van der Waals surface area contributed by atoms with Crippen molar-refractivity contribution in [3.63, 3.8) is 0 Å². The molecule has 0 nitrogen and oxygen atoms in total. The van der Waals surface area contributed by atoms with Gasteiger partial charge in [0.2, 0.25) is 0 Å². The summed E-state index contributed by atoms with van der Waals surface area (Å²) in [5.74, 6) is 0.